The van der Waals surface area contributed by atoms with Crippen LogP contribution in [0.25, 0.3) is 0 Å². The van der Waals surface area contributed by atoms with E-state index < -0.39 is 23.1 Å². The number of benzene rings is 1. The highest BCUT2D eigenvalue weighted by Crippen LogP contribution is 2.41. The van der Waals surface area contributed by atoms with Gasteiger partial charge in [0.1, 0.15) is 12.4 Å². The van der Waals surface area contributed by atoms with Gasteiger partial charge in [0, 0.05) is 5.70 Å². The van der Waals surface area contributed by atoms with Gasteiger partial charge >= 0.3 is 11.7 Å². The highest BCUT2D eigenvalue weighted by atomic mass is 16.5. The Balaban J connectivity index is 2.25. The molecule has 4 N–H and O–H groups in total. The molecular weight excluding hydrogens is 366 g/mol. The number of ether oxygens (including phenoxy) is 2. The van der Waals surface area contributed by atoms with Crippen molar-refractivity contribution in [1.29, 1.82) is 0 Å². The third-order valence-corrected chi connectivity index (χ3v) is 4.36. The fourth-order valence-corrected chi connectivity index (χ4v) is 3.19. The molecule has 0 saturated heterocycles. The number of carbonyl (C=O) groups is 1. The van der Waals surface area contributed by atoms with Crippen molar-refractivity contribution in [2.75, 3.05) is 19.0 Å². The Labute approximate surface area is 159 Å². The van der Waals surface area contributed by atoms with Crippen LogP contribution in [0.4, 0.5) is 5.82 Å². The lowest BCUT2D eigenvalue weighted by atomic mass is 9.82. The Morgan fingerprint density at radius 1 is 1.32 bits per heavy atom. The quantitative estimate of drug-likeness (QED) is 0.451. The number of allylic oxidation sites excluding steroid dienone is 1. The molecule has 0 radical (unpaired) electrons. The summed E-state index contributed by atoms with van der Waals surface area (Å²) in [5, 5.41) is 13.1. The second-order valence-electron chi connectivity index (χ2n) is 6.11. The van der Waals surface area contributed by atoms with Crippen LogP contribution in [0.1, 0.15) is 24.0 Å². The summed E-state index contributed by atoms with van der Waals surface area (Å²) in [6, 6.07) is 4.54. The van der Waals surface area contributed by atoms with E-state index >= 15 is 0 Å². The van der Waals surface area contributed by atoms with Gasteiger partial charge in [-0.05, 0) is 24.6 Å². The van der Waals surface area contributed by atoms with Gasteiger partial charge in [0.2, 0.25) is 0 Å². The first-order valence-electron chi connectivity index (χ1n) is 8.36. The molecule has 2 aromatic rings. The van der Waals surface area contributed by atoms with E-state index in [0.29, 0.717) is 11.3 Å². The number of aromatic hydroxyl groups is 1. The minimum atomic E-state index is -0.883. The summed E-state index contributed by atoms with van der Waals surface area (Å²) in [6.45, 7) is 5.13. The zero-order valence-electron chi connectivity index (χ0n) is 15.3. The molecular formula is C19H19N3O6. The second kappa shape index (κ2) is 7.47. The van der Waals surface area contributed by atoms with E-state index in [0.717, 1.165) is 0 Å². The number of carbonyl (C=O) groups excluding carboxylic acids is 1. The predicted octanol–water partition coefficient (Wildman–Crippen LogP) is 1.34. The Bertz CT molecular complexity index is 1100. The van der Waals surface area contributed by atoms with Crippen LogP contribution in [0.3, 0.4) is 0 Å². The van der Waals surface area contributed by atoms with Gasteiger partial charge in [-0.3, -0.25) is 14.8 Å². The van der Waals surface area contributed by atoms with Crippen molar-refractivity contribution in [3.05, 3.63) is 74.1 Å². The largest absolute Gasteiger partial charge is 0.504 e. The molecule has 0 fully saturated rings. The van der Waals surface area contributed by atoms with E-state index in [1.807, 2.05) is 0 Å². The summed E-state index contributed by atoms with van der Waals surface area (Å²) in [7, 11) is 1.41. The van der Waals surface area contributed by atoms with E-state index in [1.54, 1.807) is 13.0 Å². The normalized spacial score (nSPS) is 15.4. The third-order valence-electron chi connectivity index (χ3n) is 4.36. The van der Waals surface area contributed by atoms with Crippen LogP contribution in [0.15, 0.2) is 51.7 Å². The van der Waals surface area contributed by atoms with Crippen LogP contribution in [0.2, 0.25) is 0 Å². The van der Waals surface area contributed by atoms with E-state index in [4.69, 9.17) is 9.47 Å². The van der Waals surface area contributed by atoms with E-state index in [2.05, 4.69) is 21.9 Å². The maximum Gasteiger partial charge on any atom is 0.337 e. The summed E-state index contributed by atoms with van der Waals surface area (Å²) in [5.74, 6) is -1.28. The Morgan fingerprint density at radius 3 is 2.71 bits per heavy atom. The number of phenolic OH excluding ortho intramolecular Hbond substituents is 1. The second-order valence-corrected chi connectivity index (χ2v) is 6.11. The number of aromatic nitrogens is 2. The lowest BCUT2D eigenvalue weighted by Crippen LogP contribution is -2.35. The van der Waals surface area contributed by atoms with Crippen molar-refractivity contribution < 1.29 is 19.4 Å². The van der Waals surface area contributed by atoms with E-state index in [9.17, 15) is 19.5 Å². The van der Waals surface area contributed by atoms with Crippen molar-refractivity contribution in [3.8, 4) is 11.5 Å². The molecule has 28 heavy (non-hydrogen) atoms. The van der Waals surface area contributed by atoms with Crippen molar-refractivity contribution in [3.63, 3.8) is 0 Å². The molecule has 9 heteroatoms. The van der Waals surface area contributed by atoms with Crippen LogP contribution >= 0.6 is 0 Å². The van der Waals surface area contributed by atoms with Gasteiger partial charge in [0.05, 0.1) is 24.2 Å². The van der Waals surface area contributed by atoms with Gasteiger partial charge in [0.25, 0.3) is 5.56 Å². The highest BCUT2D eigenvalue weighted by Gasteiger charge is 2.36. The summed E-state index contributed by atoms with van der Waals surface area (Å²) < 4.78 is 10.2. The fourth-order valence-electron chi connectivity index (χ4n) is 3.19. The van der Waals surface area contributed by atoms with Crippen molar-refractivity contribution in [2.45, 2.75) is 12.8 Å². The third kappa shape index (κ3) is 3.29. The first-order valence-corrected chi connectivity index (χ1v) is 8.36. The average molecular weight is 385 g/mol. The number of phenols is 1. The molecule has 0 saturated carbocycles. The van der Waals surface area contributed by atoms with Crippen molar-refractivity contribution in [1.82, 2.24) is 9.97 Å². The van der Waals surface area contributed by atoms with E-state index in [-0.39, 0.29) is 35.1 Å². The zero-order valence-corrected chi connectivity index (χ0v) is 15.3. The number of methoxy groups -OCH3 is 1. The Hall–Kier alpha value is -3.75. The van der Waals surface area contributed by atoms with Crippen LogP contribution in [-0.2, 0) is 9.53 Å². The number of hydrogen-bond donors (Lipinski definition) is 4. The highest BCUT2D eigenvalue weighted by molar-refractivity contribution is 5.94. The number of hydrogen-bond acceptors (Lipinski definition) is 7. The van der Waals surface area contributed by atoms with Crippen molar-refractivity contribution in [2.24, 2.45) is 0 Å². The Morgan fingerprint density at radius 2 is 2.07 bits per heavy atom. The van der Waals surface area contributed by atoms with Crippen LogP contribution in [0.5, 0.6) is 11.5 Å². The topological polar surface area (TPSA) is 134 Å². The molecule has 1 aromatic carbocycles. The fraction of sp³-hybridized carbons (Fsp3) is 0.211. The molecule has 0 bridgehead atoms. The first kappa shape index (κ1) is 19.0. The van der Waals surface area contributed by atoms with Gasteiger partial charge < -0.3 is 19.9 Å². The summed E-state index contributed by atoms with van der Waals surface area (Å²) in [5.41, 5.74) is -0.186. The number of anilines is 1. The first-order chi connectivity index (χ1) is 13.4. The average Bonchev–Trinajstić information content (AvgIpc) is 2.64. The minimum absolute atomic E-state index is 0.00890. The summed E-state index contributed by atoms with van der Waals surface area (Å²) in [4.78, 5) is 41.7. The van der Waals surface area contributed by atoms with Gasteiger partial charge in [0.15, 0.2) is 11.5 Å². The monoisotopic (exact) mass is 385 g/mol. The predicted molar refractivity (Wildman–Crippen MR) is 102 cm³/mol. The molecule has 9 nitrogen and oxygen atoms in total. The molecule has 3 rings (SSSR count). The smallest absolute Gasteiger partial charge is 0.337 e. The molecule has 146 valence electrons. The standard InChI is InChI=1S/C19H19N3O6/c1-4-7-28-18(25)13-9(2)20-16-15(17(24)22-19(26)21-16)14(13)10-5-6-12(27-3)11(23)8-10/h4-6,8,14,23H,1,7H2,2-3H3,(H3,20,21,22,24,26)/t14-/m1/s1. The lowest BCUT2D eigenvalue weighted by Gasteiger charge is -2.28. The molecule has 1 aliphatic heterocycles. The number of H-pyrrole nitrogens is 2. The molecule has 1 aromatic heterocycles. The van der Waals surface area contributed by atoms with Crippen LogP contribution in [-0.4, -0.2) is 34.8 Å². The number of aromatic amines is 2. The van der Waals surface area contributed by atoms with E-state index in [1.165, 1.54) is 25.3 Å². The Kier molecular flexibility index (Phi) is 5.08. The molecule has 1 aliphatic rings. The summed E-state index contributed by atoms with van der Waals surface area (Å²) >= 11 is 0. The van der Waals surface area contributed by atoms with Crippen LogP contribution < -0.4 is 21.3 Å². The zero-order chi connectivity index (χ0) is 20.4. The lowest BCUT2D eigenvalue weighted by molar-refractivity contribution is -0.138. The number of fused-ring (bicyclic) bond motifs is 1. The van der Waals surface area contributed by atoms with Gasteiger partial charge in [-0.1, -0.05) is 18.7 Å². The summed E-state index contributed by atoms with van der Waals surface area (Å²) in [6.07, 6.45) is 1.43. The molecule has 0 unspecified atom stereocenters. The molecule has 0 spiro atoms. The molecule has 0 amide bonds. The molecule has 0 aliphatic carbocycles. The van der Waals surface area contributed by atoms with Gasteiger partial charge in [-0.2, -0.15) is 0 Å². The SMILES string of the molecule is C=CCOC(=O)C1=C(C)Nc2[nH]c(=O)[nH]c(=O)c2[C@@H]1c1ccc(OC)c(O)c1. The maximum atomic E-state index is 12.7. The number of esters is 1. The van der Waals surface area contributed by atoms with Crippen molar-refractivity contribution >= 4 is 11.8 Å². The molecule has 2 heterocycles. The van der Waals surface area contributed by atoms with Gasteiger partial charge in [-0.15, -0.1) is 0 Å². The number of rotatable bonds is 5. The minimum Gasteiger partial charge on any atom is -0.504 e. The van der Waals surface area contributed by atoms with Gasteiger partial charge in [-0.25, -0.2) is 9.59 Å². The molecule has 1 atom stereocenters. The maximum absolute atomic E-state index is 12.7. The van der Waals surface area contributed by atoms with Crippen LogP contribution in [0, 0.1) is 0 Å². The number of nitrogens with one attached hydrogen (secondary N) is 3.